The van der Waals surface area contributed by atoms with Gasteiger partial charge in [-0.1, -0.05) is 61.0 Å². The molecule has 1 fully saturated rings. The first kappa shape index (κ1) is 21.1. The fourth-order valence-corrected chi connectivity index (χ4v) is 4.41. The van der Waals surface area contributed by atoms with Crippen molar-refractivity contribution in [3.63, 3.8) is 0 Å². The van der Waals surface area contributed by atoms with Crippen LogP contribution in [-0.2, 0) is 11.3 Å². The molecule has 0 aromatic heterocycles. The van der Waals surface area contributed by atoms with Gasteiger partial charge in [0.15, 0.2) is 5.17 Å². The Hall–Kier alpha value is -2.60. The van der Waals surface area contributed by atoms with Gasteiger partial charge in [-0.25, -0.2) is 0 Å². The number of amidine groups is 1. The van der Waals surface area contributed by atoms with E-state index in [1.165, 1.54) is 17.3 Å². The van der Waals surface area contributed by atoms with Crippen LogP contribution >= 0.6 is 11.8 Å². The van der Waals surface area contributed by atoms with Crippen LogP contribution < -0.4 is 4.74 Å². The summed E-state index contributed by atoms with van der Waals surface area (Å²) in [5.74, 6) is 0.903. The third-order valence-electron chi connectivity index (χ3n) is 4.84. The van der Waals surface area contributed by atoms with Crippen molar-refractivity contribution in [2.24, 2.45) is 10.2 Å². The van der Waals surface area contributed by atoms with E-state index in [0.717, 1.165) is 35.3 Å². The van der Waals surface area contributed by atoms with Crippen LogP contribution in [0.3, 0.4) is 0 Å². The average molecular weight is 410 g/mol. The molecule has 1 amide bonds. The minimum Gasteiger partial charge on any atom is -0.497 e. The minimum atomic E-state index is -0.0895. The predicted molar refractivity (Wildman–Crippen MR) is 121 cm³/mol. The standard InChI is InChI=1S/C23H27N3O2S/c1-5-6-21-22(27)26(15-18-8-11-20(28-4)12-9-18)23(29-21)25-24-14-19-10-7-16(2)13-17(19)3/h7-14,21H,5-6,15H2,1-4H3/b24-14-,25-23+/t21-/m0/s1. The highest BCUT2D eigenvalue weighted by molar-refractivity contribution is 8.15. The number of nitrogens with zero attached hydrogens (tertiary/aromatic N) is 3. The minimum absolute atomic E-state index is 0.0895. The molecule has 1 aliphatic heterocycles. The number of hydrogen-bond acceptors (Lipinski definition) is 5. The quantitative estimate of drug-likeness (QED) is 0.480. The van der Waals surface area contributed by atoms with Crippen LogP contribution in [0.5, 0.6) is 5.75 Å². The lowest BCUT2D eigenvalue weighted by atomic mass is 10.1. The highest BCUT2D eigenvalue weighted by Gasteiger charge is 2.37. The number of methoxy groups -OCH3 is 1. The molecule has 0 unspecified atom stereocenters. The van der Waals surface area contributed by atoms with Crippen LogP contribution in [0.1, 0.15) is 42.0 Å². The Morgan fingerprint density at radius 1 is 1.17 bits per heavy atom. The molecule has 2 aromatic carbocycles. The van der Waals surface area contributed by atoms with Crippen LogP contribution in [-0.4, -0.2) is 34.5 Å². The maximum absolute atomic E-state index is 12.9. The van der Waals surface area contributed by atoms with Crippen molar-refractivity contribution in [3.05, 3.63) is 64.7 Å². The molecule has 0 spiro atoms. The number of thioether (sulfide) groups is 1. The van der Waals surface area contributed by atoms with Crippen molar-refractivity contribution in [2.45, 2.75) is 45.4 Å². The Morgan fingerprint density at radius 3 is 2.59 bits per heavy atom. The summed E-state index contributed by atoms with van der Waals surface area (Å²) in [4.78, 5) is 14.6. The van der Waals surface area contributed by atoms with Crippen LogP contribution in [0.4, 0.5) is 0 Å². The van der Waals surface area contributed by atoms with Crippen LogP contribution in [0, 0.1) is 13.8 Å². The molecule has 0 N–H and O–H groups in total. The zero-order valence-corrected chi connectivity index (χ0v) is 18.2. The molecular weight excluding hydrogens is 382 g/mol. The Kier molecular flexibility index (Phi) is 7.09. The zero-order valence-electron chi connectivity index (χ0n) is 17.4. The molecule has 5 nitrogen and oxygen atoms in total. The largest absolute Gasteiger partial charge is 0.497 e. The molecule has 1 saturated heterocycles. The summed E-state index contributed by atoms with van der Waals surface area (Å²) in [7, 11) is 1.64. The van der Waals surface area contributed by atoms with E-state index in [4.69, 9.17) is 4.74 Å². The molecule has 152 valence electrons. The molecule has 1 aliphatic rings. The van der Waals surface area contributed by atoms with Crippen molar-refractivity contribution in [2.75, 3.05) is 7.11 Å². The summed E-state index contributed by atoms with van der Waals surface area (Å²) in [6.07, 6.45) is 3.55. The zero-order chi connectivity index (χ0) is 20.8. The molecule has 1 heterocycles. The first-order valence-corrected chi connectivity index (χ1v) is 10.7. The molecule has 2 aromatic rings. The maximum atomic E-state index is 12.9. The number of carbonyl (C=O) groups is 1. The normalized spacial score (nSPS) is 18.2. The number of carbonyl (C=O) groups excluding carboxylic acids is 1. The van der Waals surface area contributed by atoms with E-state index in [9.17, 15) is 4.79 Å². The average Bonchev–Trinajstić information content (AvgIpc) is 2.99. The van der Waals surface area contributed by atoms with Crippen LogP contribution in [0.25, 0.3) is 0 Å². The summed E-state index contributed by atoms with van der Waals surface area (Å²) in [5, 5.41) is 9.26. The third kappa shape index (κ3) is 5.26. The second-order valence-corrected chi connectivity index (χ2v) is 8.32. The van der Waals surface area contributed by atoms with Crippen molar-refractivity contribution < 1.29 is 9.53 Å². The van der Waals surface area contributed by atoms with Gasteiger partial charge in [0.1, 0.15) is 5.75 Å². The summed E-state index contributed by atoms with van der Waals surface area (Å²) in [5.41, 5.74) is 4.43. The van der Waals surface area contributed by atoms with Gasteiger partial charge in [-0.15, -0.1) is 5.10 Å². The number of benzene rings is 2. The molecule has 29 heavy (non-hydrogen) atoms. The molecule has 0 radical (unpaired) electrons. The maximum Gasteiger partial charge on any atom is 0.242 e. The first-order valence-electron chi connectivity index (χ1n) is 9.81. The topological polar surface area (TPSA) is 54.3 Å². The predicted octanol–water partition coefficient (Wildman–Crippen LogP) is 4.95. The van der Waals surface area contributed by atoms with Crippen LogP contribution in [0.2, 0.25) is 0 Å². The lowest BCUT2D eigenvalue weighted by Gasteiger charge is -2.16. The Morgan fingerprint density at radius 2 is 1.93 bits per heavy atom. The monoisotopic (exact) mass is 409 g/mol. The van der Waals surface area contributed by atoms with E-state index in [-0.39, 0.29) is 11.2 Å². The van der Waals surface area contributed by atoms with Gasteiger partial charge in [0, 0.05) is 0 Å². The Bertz CT molecular complexity index is 922. The lowest BCUT2D eigenvalue weighted by molar-refractivity contribution is -0.126. The van der Waals surface area contributed by atoms with E-state index in [0.29, 0.717) is 11.7 Å². The summed E-state index contributed by atoms with van der Waals surface area (Å²) >= 11 is 1.51. The van der Waals surface area contributed by atoms with E-state index in [1.54, 1.807) is 18.2 Å². The van der Waals surface area contributed by atoms with Crippen molar-refractivity contribution in [3.8, 4) is 5.75 Å². The smallest absolute Gasteiger partial charge is 0.242 e. The van der Waals surface area contributed by atoms with Gasteiger partial charge in [0.25, 0.3) is 0 Å². The molecule has 0 bridgehead atoms. The van der Waals surface area contributed by atoms with Gasteiger partial charge in [-0.05, 0) is 49.1 Å². The number of aryl methyl sites for hydroxylation is 2. The number of ether oxygens (including phenoxy) is 1. The Balaban J connectivity index is 1.81. The molecule has 0 aliphatic carbocycles. The lowest BCUT2D eigenvalue weighted by Crippen LogP contribution is -2.31. The van der Waals surface area contributed by atoms with Gasteiger partial charge in [-0.3, -0.25) is 9.69 Å². The fourth-order valence-electron chi connectivity index (χ4n) is 3.20. The van der Waals surface area contributed by atoms with E-state index in [2.05, 4.69) is 43.1 Å². The van der Waals surface area contributed by atoms with Gasteiger partial charge >= 0.3 is 0 Å². The van der Waals surface area contributed by atoms with Crippen molar-refractivity contribution in [1.82, 2.24) is 4.90 Å². The van der Waals surface area contributed by atoms with Gasteiger partial charge < -0.3 is 4.74 Å². The highest BCUT2D eigenvalue weighted by atomic mass is 32.2. The molecule has 1 atom stereocenters. The summed E-state index contributed by atoms with van der Waals surface area (Å²) < 4.78 is 5.22. The summed E-state index contributed by atoms with van der Waals surface area (Å²) in [6, 6.07) is 14.0. The van der Waals surface area contributed by atoms with Gasteiger partial charge in [-0.2, -0.15) is 5.10 Å². The number of amides is 1. The van der Waals surface area contributed by atoms with E-state index in [1.807, 2.05) is 30.3 Å². The fraction of sp³-hybridized carbons (Fsp3) is 0.348. The second-order valence-electron chi connectivity index (χ2n) is 7.15. The molecule has 3 rings (SSSR count). The molecule has 6 heteroatoms. The van der Waals surface area contributed by atoms with Crippen LogP contribution in [0.15, 0.2) is 52.7 Å². The second kappa shape index (κ2) is 9.74. The SMILES string of the molecule is CCC[C@@H]1S/C(=N/N=C\c2ccc(C)cc2C)N(Cc2ccc(OC)cc2)C1=O. The van der Waals surface area contributed by atoms with E-state index >= 15 is 0 Å². The van der Waals surface area contributed by atoms with Crippen molar-refractivity contribution in [1.29, 1.82) is 0 Å². The number of hydrogen-bond donors (Lipinski definition) is 0. The third-order valence-corrected chi connectivity index (χ3v) is 6.07. The molecular formula is C23H27N3O2S. The van der Waals surface area contributed by atoms with Crippen molar-refractivity contribution >= 4 is 29.1 Å². The molecule has 0 saturated carbocycles. The number of rotatable bonds is 7. The van der Waals surface area contributed by atoms with Gasteiger partial charge in [0.2, 0.25) is 5.91 Å². The first-order chi connectivity index (χ1) is 14.0. The Labute approximate surface area is 176 Å². The highest BCUT2D eigenvalue weighted by Crippen LogP contribution is 2.32. The summed E-state index contributed by atoms with van der Waals surface area (Å²) in [6.45, 7) is 6.70. The van der Waals surface area contributed by atoms with Gasteiger partial charge in [0.05, 0.1) is 25.1 Å². The van der Waals surface area contributed by atoms with E-state index < -0.39 is 0 Å².